The van der Waals surface area contributed by atoms with Gasteiger partial charge in [0, 0.05) is 25.2 Å². The maximum atomic E-state index is 13.5. The predicted octanol–water partition coefficient (Wildman–Crippen LogP) is 1.82. The number of amides is 2. The molecule has 3 aromatic rings. The first-order valence-corrected chi connectivity index (χ1v) is 11.1. The average molecular weight is 493 g/mol. The maximum Gasteiger partial charge on any atom is 0.331 e. The summed E-state index contributed by atoms with van der Waals surface area (Å²) in [6.07, 6.45) is 4.33. The van der Waals surface area contributed by atoms with Crippen LogP contribution in [0.5, 0.6) is 11.5 Å². The van der Waals surface area contributed by atoms with Crippen molar-refractivity contribution in [1.29, 1.82) is 0 Å². The van der Waals surface area contributed by atoms with Crippen LogP contribution in [0.25, 0.3) is 0 Å². The lowest BCUT2D eigenvalue weighted by atomic mass is 9.91. The Morgan fingerprint density at radius 3 is 2.25 bits per heavy atom. The lowest BCUT2D eigenvalue weighted by Crippen LogP contribution is -2.59. The number of aromatic hydroxyl groups is 1. The van der Waals surface area contributed by atoms with Crippen molar-refractivity contribution in [2.45, 2.75) is 31.3 Å². The van der Waals surface area contributed by atoms with Crippen molar-refractivity contribution in [1.82, 2.24) is 20.6 Å². The number of ether oxygens (including phenoxy) is 2. The van der Waals surface area contributed by atoms with E-state index in [9.17, 15) is 19.5 Å². The zero-order valence-corrected chi connectivity index (χ0v) is 20.2. The minimum Gasteiger partial charge on any atom is -0.508 e. The van der Waals surface area contributed by atoms with Gasteiger partial charge in [-0.15, -0.1) is 0 Å². The molecule has 0 spiro atoms. The Balaban J connectivity index is 1.86. The van der Waals surface area contributed by atoms with E-state index >= 15 is 0 Å². The van der Waals surface area contributed by atoms with Crippen LogP contribution in [0, 0.1) is 0 Å². The number of benzene rings is 2. The highest BCUT2D eigenvalue weighted by atomic mass is 16.5. The van der Waals surface area contributed by atoms with Crippen LogP contribution in [0.4, 0.5) is 0 Å². The van der Waals surface area contributed by atoms with E-state index in [2.05, 4.69) is 20.6 Å². The Morgan fingerprint density at radius 1 is 1.00 bits per heavy atom. The molecule has 0 aliphatic rings. The number of phenols is 1. The highest BCUT2D eigenvalue weighted by molar-refractivity contribution is 5.97. The summed E-state index contributed by atoms with van der Waals surface area (Å²) in [6.45, 7) is 1.54. The number of rotatable bonds is 10. The molecule has 10 nitrogen and oxygen atoms in total. The van der Waals surface area contributed by atoms with Gasteiger partial charge in [0.1, 0.15) is 28.8 Å². The van der Waals surface area contributed by atoms with Crippen molar-refractivity contribution in [2.75, 3.05) is 14.2 Å². The maximum absolute atomic E-state index is 13.5. The van der Waals surface area contributed by atoms with E-state index in [1.807, 2.05) is 0 Å². The highest BCUT2D eigenvalue weighted by Gasteiger charge is 2.38. The summed E-state index contributed by atoms with van der Waals surface area (Å²) >= 11 is 0. The molecule has 2 unspecified atom stereocenters. The molecule has 3 rings (SSSR count). The molecule has 0 saturated carbocycles. The molecule has 36 heavy (non-hydrogen) atoms. The Morgan fingerprint density at radius 2 is 1.67 bits per heavy atom. The summed E-state index contributed by atoms with van der Waals surface area (Å²) in [6, 6.07) is 12.3. The molecule has 2 aromatic carbocycles. The first-order chi connectivity index (χ1) is 17.2. The summed E-state index contributed by atoms with van der Waals surface area (Å²) in [5, 5.41) is 15.0. The van der Waals surface area contributed by atoms with Crippen molar-refractivity contribution in [2.24, 2.45) is 0 Å². The molecule has 1 heterocycles. The quantitative estimate of drug-likeness (QED) is 0.364. The van der Waals surface area contributed by atoms with Crippen LogP contribution in [0.3, 0.4) is 0 Å². The van der Waals surface area contributed by atoms with Gasteiger partial charge < -0.3 is 25.2 Å². The van der Waals surface area contributed by atoms with E-state index in [0.717, 1.165) is 5.56 Å². The fourth-order valence-electron chi connectivity index (χ4n) is 3.63. The van der Waals surface area contributed by atoms with Gasteiger partial charge in [-0.05, 0) is 42.3 Å². The predicted molar refractivity (Wildman–Crippen MR) is 130 cm³/mol. The molecule has 3 N–H and O–H groups in total. The lowest BCUT2D eigenvalue weighted by Gasteiger charge is -2.30. The third-order valence-electron chi connectivity index (χ3n) is 5.55. The van der Waals surface area contributed by atoms with E-state index in [0.29, 0.717) is 11.3 Å². The van der Waals surface area contributed by atoms with Crippen LogP contribution >= 0.6 is 0 Å². The summed E-state index contributed by atoms with van der Waals surface area (Å²) in [4.78, 5) is 46.9. The molecule has 0 saturated heterocycles. The van der Waals surface area contributed by atoms with Gasteiger partial charge >= 0.3 is 5.97 Å². The Bertz CT molecular complexity index is 1190. The Kier molecular flexibility index (Phi) is 8.56. The molecule has 10 heteroatoms. The van der Waals surface area contributed by atoms with E-state index in [-0.39, 0.29) is 24.3 Å². The molecule has 188 valence electrons. The van der Waals surface area contributed by atoms with Gasteiger partial charge in [0.2, 0.25) is 5.91 Å². The standard InChI is InChI=1S/C26H28N4O6/c1-26(25(34)36-3,15-18-4-8-19(31)9-5-18)30-24(33)21(14-17-6-10-20(35-2)11-7-17)29-23(32)22-16-27-12-13-28-22/h4-13,16,21,31H,14-15H2,1-3H3,(H,29,32)(H,30,33). The monoisotopic (exact) mass is 492 g/mol. The van der Waals surface area contributed by atoms with Gasteiger partial charge in [-0.3, -0.25) is 14.6 Å². The average Bonchev–Trinajstić information content (AvgIpc) is 2.89. The first kappa shape index (κ1) is 26.1. The topological polar surface area (TPSA) is 140 Å². The van der Waals surface area contributed by atoms with Gasteiger partial charge in [-0.1, -0.05) is 24.3 Å². The molecule has 0 aliphatic carbocycles. The van der Waals surface area contributed by atoms with E-state index < -0.39 is 29.4 Å². The van der Waals surface area contributed by atoms with Gasteiger partial charge in [0.15, 0.2) is 0 Å². The number of carbonyl (C=O) groups excluding carboxylic acids is 3. The molecule has 2 amide bonds. The summed E-state index contributed by atoms with van der Waals surface area (Å²) in [5.41, 5.74) is 0.0490. The molecule has 2 atom stereocenters. The van der Waals surface area contributed by atoms with Crippen LogP contribution in [0.1, 0.15) is 28.5 Å². The molecule has 0 bridgehead atoms. The zero-order valence-electron chi connectivity index (χ0n) is 20.2. The minimum absolute atomic E-state index is 0.0462. The number of carbonyl (C=O) groups is 3. The lowest BCUT2D eigenvalue weighted by molar-refractivity contribution is -0.150. The molecule has 1 aromatic heterocycles. The van der Waals surface area contributed by atoms with Gasteiger partial charge in [0.25, 0.3) is 5.91 Å². The van der Waals surface area contributed by atoms with Crippen LogP contribution in [-0.4, -0.2) is 58.7 Å². The number of nitrogens with zero attached hydrogens (tertiary/aromatic N) is 2. The van der Waals surface area contributed by atoms with Crippen molar-refractivity contribution >= 4 is 17.8 Å². The third-order valence-corrected chi connectivity index (χ3v) is 5.55. The normalized spacial score (nSPS) is 13.1. The largest absolute Gasteiger partial charge is 0.508 e. The van der Waals surface area contributed by atoms with Gasteiger partial charge in [-0.2, -0.15) is 0 Å². The second kappa shape index (κ2) is 11.8. The number of methoxy groups -OCH3 is 2. The van der Waals surface area contributed by atoms with Crippen molar-refractivity contribution < 1.29 is 29.0 Å². The summed E-state index contributed by atoms with van der Waals surface area (Å²) < 4.78 is 10.1. The highest BCUT2D eigenvalue weighted by Crippen LogP contribution is 2.19. The number of aromatic nitrogens is 2. The molecule has 0 fully saturated rings. The van der Waals surface area contributed by atoms with Crippen LogP contribution in [0.2, 0.25) is 0 Å². The number of hydrogen-bond acceptors (Lipinski definition) is 8. The second-order valence-corrected chi connectivity index (χ2v) is 8.33. The van der Waals surface area contributed by atoms with Crippen LogP contribution in [0.15, 0.2) is 67.1 Å². The molecule has 0 aliphatic heterocycles. The van der Waals surface area contributed by atoms with Crippen molar-refractivity contribution in [3.63, 3.8) is 0 Å². The summed E-state index contributed by atoms with van der Waals surface area (Å²) in [5.74, 6) is -1.11. The SMILES string of the molecule is COC(=O)C(C)(Cc1ccc(O)cc1)NC(=O)C(Cc1ccc(OC)cc1)NC(=O)c1cnccn1. The fourth-order valence-corrected chi connectivity index (χ4v) is 3.63. The molecular formula is C26H28N4O6. The zero-order chi connectivity index (χ0) is 26.1. The van der Waals surface area contributed by atoms with Gasteiger partial charge in [0.05, 0.1) is 20.4 Å². The first-order valence-electron chi connectivity index (χ1n) is 11.1. The minimum atomic E-state index is -1.45. The Labute approximate surface area is 208 Å². The second-order valence-electron chi connectivity index (χ2n) is 8.33. The van der Waals surface area contributed by atoms with Crippen molar-refractivity contribution in [3.05, 3.63) is 83.9 Å². The number of nitrogens with one attached hydrogen (secondary N) is 2. The van der Waals surface area contributed by atoms with Crippen LogP contribution < -0.4 is 15.4 Å². The van der Waals surface area contributed by atoms with E-state index in [1.54, 1.807) is 50.4 Å². The van der Waals surface area contributed by atoms with E-state index in [4.69, 9.17) is 9.47 Å². The smallest absolute Gasteiger partial charge is 0.331 e. The molecular weight excluding hydrogens is 464 g/mol. The van der Waals surface area contributed by atoms with Gasteiger partial charge in [-0.25, -0.2) is 9.78 Å². The number of esters is 1. The Hall–Kier alpha value is -4.47. The number of phenolic OH excluding ortho intramolecular Hbond substituents is 1. The fraction of sp³-hybridized carbons (Fsp3) is 0.269. The van der Waals surface area contributed by atoms with Crippen LogP contribution in [-0.2, 0) is 27.2 Å². The third kappa shape index (κ3) is 6.78. The number of hydrogen-bond donors (Lipinski definition) is 3. The summed E-state index contributed by atoms with van der Waals surface area (Å²) in [7, 11) is 2.78. The van der Waals surface area contributed by atoms with Crippen molar-refractivity contribution in [3.8, 4) is 11.5 Å². The molecule has 0 radical (unpaired) electrons. The van der Waals surface area contributed by atoms with E-state index in [1.165, 1.54) is 37.8 Å².